The molecule has 0 aliphatic rings. The Morgan fingerprint density at radius 2 is 1.26 bits per heavy atom. The van der Waals surface area contributed by atoms with Crippen molar-refractivity contribution >= 4 is 17.9 Å². The third kappa shape index (κ3) is 16.8. The van der Waals surface area contributed by atoms with E-state index < -0.39 is 36.4 Å². The highest BCUT2D eigenvalue weighted by Crippen LogP contribution is 2.16. The number of hydrogen-bond acceptors (Lipinski definition) is 5. The second-order valence-electron chi connectivity index (χ2n) is 9.40. The van der Waals surface area contributed by atoms with Crippen LogP contribution in [0.2, 0.25) is 0 Å². The van der Waals surface area contributed by atoms with Gasteiger partial charge in [-0.1, -0.05) is 95.0 Å². The van der Waals surface area contributed by atoms with Crippen molar-refractivity contribution in [1.82, 2.24) is 4.90 Å². The normalized spacial score (nSPS) is 12.0. The van der Waals surface area contributed by atoms with E-state index in [9.17, 15) is 14.4 Å². The molecular weight excluding hydrogens is 450 g/mol. The van der Waals surface area contributed by atoms with E-state index in [0.717, 1.165) is 0 Å². The van der Waals surface area contributed by atoms with E-state index in [0.29, 0.717) is 6.04 Å². The number of likely N-dealkylation sites (N-methyl/N-ethyl adjacent to an activating group) is 1. The van der Waals surface area contributed by atoms with Crippen LogP contribution in [0, 0.1) is 0 Å². The number of aliphatic hydroxyl groups is 1. The molecule has 1 unspecified atom stereocenters. The molecule has 0 spiro atoms. The van der Waals surface area contributed by atoms with Crippen molar-refractivity contribution in [2.75, 3.05) is 14.1 Å². The summed E-state index contributed by atoms with van der Waals surface area (Å²) in [6.07, 6.45) is 13.0. The van der Waals surface area contributed by atoms with Crippen molar-refractivity contribution in [3.63, 3.8) is 0 Å². The number of hydrogen-bond donors (Lipinski definition) is 4. The van der Waals surface area contributed by atoms with Crippen molar-refractivity contribution < 1.29 is 34.8 Å². The zero-order chi connectivity index (χ0) is 26.7. The molecule has 0 aliphatic carbocycles. The minimum absolute atomic E-state index is 0.687. The van der Waals surface area contributed by atoms with Gasteiger partial charge in [-0.25, -0.2) is 4.79 Å². The summed E-state index contributed by atoms with van der Waals surface area (Å²) in [5, 5.41) is 33.8. The fourth-order valence-corrected chi connectivity index (χ4v) is 3.83. The lowest BCUT2D eigenvalue weighted by atomic mass is 9.96. The van der Waals surface area contributed by atoms with Crippen LogP contribution < -0.4 is 0 Å². The van der Waals surface area contributed by atoms with Gasteiger partial charge < -0.3 is 25.3 Å². The van der Waals surface area contributed by atoms with Gasteiger partial charge in [0, 0.05) is 6.04 Å². The van der Waals surface area contributed by atoms with Crippen LogP contribution in [0.5, 0.6) is 0 Å². The zero-order valence-corrected chi connectivity index (χ0v) is 21.6. The summed E-state index contributed by atoms with van der Waals surface area (Å²) in [5.41, 5.74) is -1.27. The number of carboxylic acid groups (broad SMARTS) is 3. The highest BCUT2D eigenvalue weighted by atomic mass is 16.4. The van der Waals surface area contributed by atoms with Gasteiger partial charge in [-0.15, -0.1) is 0 Å². The molecule has 0 amide bonds. The molecule has 8 heteroatoms. The molecule has 0 fully saturated rings. The molecular formula is C27H45NO7. The summed E-state index contributed by atoms with van der Waals surface area (Å²) in [4.78, 5) is 32.9. The fourth-order valence-electron chi connectivity index (χ4n) is 3.83. The van der Waals surface area contributed by atoms with Gasteiger partial charge in [0.2, 0.25) is 0 Å². The third-order valence-electron chi connectivity index (χ3n) is 5.97. The molecule has 35 heavy (non-hydrogen) atoms. The number of unbranched alkanes of at least 4 members (excludes halogenated alkanes) is 8. The average Bonchev–Trinajstić information content (AvgIpc) is 2.77. The summed E-state index contributed by atoms with van der Waals surface area (Å²) in [6.45, 7) is 2.29. The molecule has 0 radical (unpaired) electrons. The van der Waals surface area contributed by atoms with E-state index in [1.54, 1.807) is 0 Å². The van der Waals surface area contributed by atoms with Crippen LogP contribution in [0.25, 0.3) is 0 Å². The van der Waals surface area contributed by atoms with Crippen LogP contribution in [0.1, 0.15) is 89.5 Å². The van der Waals surface area contributed by atoms with Crippen molar-refractivity contribution in [1.29, 1.82) is 0 Å². The van der Waals surface area contributed by atoms with E-state index in [1.807, 2.05) is 0 Å². The Morgan fingerprint density at radius 3 is 1.66 bits per heavy atom. The Balaban J connectivity index is 0.000000761. The number of nitrogens with zero attached hydrogens (tertiary/aromatic N) is 1. The van der Waals surface area contributed by atoms with E-state index in [1.165, 1.54) is 76.2 Å². The Kier molecular flexibility index (Phi) is 17.5. The standard InChI is InChI=1S/C21H37N.C6H8O7/c1-4-5-6-7-8-9-10-11-15-18-21(22(2)3)19-20-16-13-12-14-17-20;7-3(8)1-6(13,5(11)12)2-4(9)10/h12-14,16-17,21H,4-11,15,18-19H2,1-3H3;13H,1-2H2,(H,7,8)(H,9,10)(H,11,12). The van der Waals surface area contributed by atoms with Gasteiger partial charge in [0.15, 0.2) is 5.60 Å². The lowest BCUT2D eigenvalue weighted by Gasteiger charge is -2.24. The van der Waals surface area contributed by atoms with Crippen LogP contribution in [-0.4, -0.2) is 69.0 Å². The molecule has 0 saturated carbocycles. The van der Waals surface area contributed by atoms with Crippen LogP contribution in [-0.2, 0) is 20.8 Å². The molecule has 0 aromatic heterocycles. The maximum Gasteiger partial charge on any atom is 0.336 e. The summed E-state index contributed by atoms with van der Waals surface area (Å²) in [7, 11) is 4.45. The monoisotopic (exact) mass is 495 g/mol. The Morgan fingerprint density at radius 1 is 0.800 bits per heavy atom. The highest BCUT2D eigenvalue weighted by Gasteiger charge is 2.40. The van der Waals surface area contributed by atoms with Gasteiger partial charge >= 0.3 is 17.9 Å². The SMILES string of the molecule is CCCCCCCCCCCC(Cc1ccccc1)N(C)C.O=C(O)CC(O)(CC(=O)O)C(=O)O. The molecule has 1 atom stereocenters. The van der Waals surface area contributed by atoms with Gasteiger partial charge in [0.1, 0.15) is 0 Å². The second kappa shape index (κ2) is 18.8. The minimum Gasteiger partial charge on any atom is -0.481 e. The summed E-state index contributed by atoms with van der Waals surface area (Å²) in [5.74, 6) is -5.02. The first kappa shape index (κ1) is 32.5. The van der Waals surface area contributed by atoms with Gasteiger partial charge in [-0.05, 0) is 32.5 Å². The zero-order valence-electron chi connectivity index (χ0n) is 21.6. The van der Waals surface area contributed by atoms with Gasteiger partial charge in [0.05, 0.1) is 12.8 Å². The smallest absolute Gasteiger partial charge is 0.336 e. The first-order chi connectivity index (χ1) is 16.5. The topological polar surface area (TPSA) is 135 Å². The maximum absolute atomic E-state index is 10.3. The Labute approximate surface area is 210 Å². The Hall–Kier alpha value is -2.45. The van der Waals surface area contributed by atoms with Crippen molar-refractivity contribution in [3.8, 4) is 0 Å². The predicted molar refractivity (Wildman–Crippen MR) is 137 cm³/mol. The number of carbonyl (C=O) groups is 3. The van der Waals surface area contributed by atoms with E-state index in [4.69, 9.17) is 20.4 Å². The lowest BCUT2D eigenvalue weighted by Crippen LogP contribution is -2.42. The van der Waals surface area contributed by atoms with Crippen molar-refractivity contribution in [2.24, 2.45) is 0 Å². The van der Waals surface area contributed by atoms with Gasteiger partial charge in [-0.3, -0.25) is 9.59 Å². The molecule has 0 aliphatic heterocycles. The van der Waals surface area contributed by atoms with Crippen LogP contribution in [0.15, 0.2) is 30.3 Å². The van der Waals surface area contributed by atoms with Gasteiger partial charge in [-0.2, -0.15) is 0 Å². The fraction of sp³-hybridized carbons (Fsp3) is 0.667. The van der Waals surface area contributed by atoms with Crippen LogP contribution in [0.3, 0.4) is 0 Å². The molecule has 1 aromatic carbocycles. The summed E-state index contributed by atoms with van der Waals surface area (Å²) in [6, 6.07) is 11.6. The summed E-state index contributed by atoms with van der Waals surface area (Å²) >= 11 is 0. The molecule has 1 rings (SSSR count). The quantitative estimate of drug-likeness (QED) is 0.213. The molecule has 0 saturated heterocycles. The minimum atomic E-state index is -2.74. The number of aliphatic carboxylic acids is 3. The number of benzene rings is 1. The first-order valence-corrected chi connectivity index (χ1v) is 12.6. The largest absolute Gasteiger partial charge is 0.481 e. The first-order valence-electron chi connectivity index (χ1n) is 12.6. The molecule has 200 valence electrons. The highest BCUT2D eigenvalue weighted by molar-refractivity contribution is 5.88. The molecule has 1 aromatic rings. The lowest BCUT2D eigenvalue weighted by molar-refractivity contribution is -0.170. The third-order valence-corrected chi connectivity index (χ3v) is 5.97. The maximum atomic E-state index is 10.3. The predicted octanol–water partition coefficient (Wildman–Crippen LogP) is 4.83. The van der Waals surface area contributed by atoms with E-state index in [2.05, 4.69) is 56.3 Å². The second-order valence-corrected chi connectivity index (χ2v) is 9.40. The molecule has 8 nitrogen and oxygen atoms in total. The van der Waals surface area contributed by atoms with E-state index in [-0.39, 0.29) is 0 Å². The number of rotatable bonds is 18. The summed E-state index contributed by atoms with van der Waals surface area (Å²) < 4.78 is 0. The van der Waals surface area contributed by atoms with E-state index >= 15 is 0 Å². The van der Waals surface area contributed by atoms with Crippen LogP contribution in [0.4, 0.5) is 0 Å². The molecule has 0 heterocycles. The number of carboxylic acids is 3. The van der Waals surface area contributed by atoms with Crippen LogP contribution >= 0.6 is 0 Å². The van der Waals surface area contributed by atoms with Gasteiger partial charge in [0.25, 0.3) is 0 Å². The van der Waals surface area contributed by atoms with Crippen molar-refractivity contribution in [3.05, 3.63) is 35.9 Å². The average molecular weight is 496 g/mol. The molecule has 4 N–H and O–H groups in total. The van der Waals surface area contributed by atoms with Crippen molar-refractivity contribution in [2.45, 2.75) is 102 Å². The molecule has 0 bridgehead atoms. The Bertz CT molecular complexity index is 705.